The van der Waals surface area contributed by atoms with Crippen molar-refractivity contribution in [3.8, 4) is 11.5 Å². The molecule has 0 atom stereocenters. The van der Waals surface area contributed by atoms with Crippen molar-refractivity contribution in [2.45, 2.75) is 59.2 Å². The van der Waals surface area contributed by atoms with Gasteiger partial charge in [-0.3, -0.25) is 0 Å². The molecule has 1 aromatic carbocycles. The molecule has 0 aliphatic heterocycles. The van der Waals surface area contributed by atoms with Gasteiger partial charge in [0.15, 0.2) is 0 Å². The summed E-state index contributed by atoms with van der Waals surface area (Å²) in [6.07, 6.45) is -1.18. The molecule has 0 unspecified atom stereocenters. The van der Waals surface area contributed by atoms with E-state index in [-0.39, 0.29) is 6.54 Å². The topological polar surface area (TPSA) is 74.3 Å². The predicted octanol–water partition coefficient (Wildman–Crippen LogP) is 5.18. The summed E-state index contributed by atoms with van der Waals surface area (Å²) in [6, 6.07) is 3.57. The number of nitrogens with zero attached hydrogens (tertiary/aromatic N) is 1. The second-order valence-corrected chi connectivity index (χ2v) is 9.02. The fourth-order valence-electron chi connectivity index (χ4n) is 2.24. The smallest absolute Gasteiger partial charge is 0.419 e. The van der Waals surface area contributed by atoms with Gasteiger partial charge in [-0.2, -0.15) is 0 Å². The van der Waals surface area contributed by atoms with Gasteiger partial charge in [-0.1, -0.05) is 0 Å². The highest BCUT2D eigenvalue weighted by atomic mass is 79.9. The van der Waals surface area contributed by atoms with Gasteiger partial charge in [-0.15, -0.1) is 0 Å². The molecule has 0 radical (unpaired) electrons. The maximum Gasteiger partial charge on any atom is 0.419 e. The fraction of sp³-hybridized carbons (Fsp3) is 0.600. The minimum Gasteiger partial charge on any atom is -0.496 e. The zero-order valence-electron chi connectivity index (χ0n) is 17.8. The van der Waals surface area contributed by atoms with Gasteiger partial charge in [0.2, 0.25) is 0 Å². The molecular formula is C20H30BrNO6. The number of hydrogen-bond acceptors (Lipinski definition) is 6. The summed E-state index contributed by atoms with van der Waals surface area (Å²) < 4.78 is 22.2. The summed E-state index contributed by atoms with van der Waals surface area (Å²) >= 11 is 3.41. The highest BCUT2D eigenvalue weighted by molar-refractivity contribution is 9.10. The number of benzene rings is 1. The number of carbonyl (C=O) groups is 2. The molecule has 1 aromatic rings. The van der Waals surface area contributed by atoms with E-state index in [1.165, 1.54) is 0 Å². The number of halogens is 1. The molecule has 0 spiro atoms. The zero-order valence-corrected chi connectivity index (χ0v) is 19.4. The van der Waals surface area contributed by atoms with Gasteiger partial charge in [-0.25, -0.2) is 14.5 Å². The summed E-state index contributed by atoms with van der Waals surface area (Å²) in [5.41, 5.74) is -0.703. The molecule has 0 N–H and O–H groups in total. The van der Waals surface area contributed by atoms with Crippen molar-refractivity contribution in [1.29, 1.82) is 0 Å². The van der Waals surface area contributed by atoms with Crippen LogP contribution in [0, 0.1) is 0 Å². The Labute approximate surface area is 175 Å². The highest BCUT2D eigenvalue weighted by Gasteiger charge is 2.31. The summed E-state index contributed by atoms with van der Waals surface area (Å²) in [5, 5.41) is 0. The number of methoxy groups -OCH3 is 2. The van der Waals surface area contributed by atoms with Crippen LogP contribution in [-0.4, -0.2) is 49.1 Å². The molecule has 0 saturated heterocycles. The van der Waals surface area contributed by atoms with Crippen LogP contribution in [-0.2, 0) is 15.9 Å². The number of hydrogen-bond donors (Lipinski definition) is 0. The minimum atomic E-state index is -0.759. The van der Waals surface area contributed by atoms with Gasteiger partial charge in [0.25, 0.3) is 0 Å². The van der Waals surface area contributed by atoms with E-state index in [9.17, 15) is 9.59 Å². The molecule has 0 aliphatic rings. The van der Waals surface area contributed by atoms with Gasteiger partial charge < -0.3 is 18.9 Å². The lowest BCUT2D eigenvalue weighted by Crippen LogP contribution is -2.44. The maximum atomic E-state index is 12.6. The molecular weight excluding hydrogens is 430 g/mol. The monoisotopic (exact) mass is 459 g/mol. The van der Waals surface area contributed by atoms with Gasteiger partial charge in [0.1, 0.15) is 22.7 Å². The van der Waals surface area contributed by atoms with Crippen molar-refractivity contribution in [2.75, 3.05) is 20.8 Å². The van der Waals surface area contributed by atoms with Crippen molar-refractivity contribution in [3.05, 3.63) is 22.2 Å². The molecule has 0 fully saturated rings. The number of imide groups is 1. The zero-order chi connectivity index (χ0) is 21.7. The molecule has 0 heterocycles. The molecule has 2 amide bonds. The predicted molar refractivity (Wildman–Crippen MR) is 110 cm³/mol. The van der Waals surface area contributed by atoms with Gasteiger partial charge >= 0.3 is 12.2 Å². The molecule has 0 bridgehead atoms. The summed E-state index contributed by atoms with van der Waals surface area (Å²) in [6.45, 7) is 10.5. The quantitative estimate of drug-likeness (QED) is 0.603. The third-order valence-electron chi connectivity index (χ3n) is 3.39. The first kappa shape index (κ1) is 24.1. The van der Waals surface area contributed by atoms with Crippen LogP contribution in [0.4, 0.5) is 9.59 Å². The van der Waals surface area contributed by atoms with Crippen LogP contribution < -0.4 is 9.47 Å². The normalized spacial score (nSPS) is 11.6. The Bertz CT molecular complexity index is 678. The van der Waals surface area contributed by atoms with Crippen molar-refractivity contribution in [3.63, 3.8) is 0 Å². The Morgan fingerprint density at radius 1 is 0.893 bits per heavy atom. The van der Waals surface area contributed by atoms with Crippen LogP contribution >= 0.6 is 15.9 Å². The Morgan fingerprint density at radius 2 is 1.36 bits per heavy atom. The van der Waals surface area contributed by atoms with E-state index in [1.54, 1.807) is 67.9 Å². The molecule has 158 valence electrons. The van der Waals surface area contributed by atoms with E-state index >= 15 is 0 Å². The minimum absolute atomic E-state index is 0.0605. The van der Waals surface area contributed by atoms with E-state index in [0.717, 1.165) is 14.9 Å². The fourth-order valence-corrected chi connectivity index (χ4v) is 2.73. The van der Waals surface area contributed by atoms with Crippen molar-refractivity contribution >= 4 is 28.1 Å². The summed E-state index contributed by atoms with van der Waals surface area (Å²) in [7, 11) is 3.11. The van der Waals surface area contributed by atoms with Crippen molar-refractivity contribution in [2.24, 2.45) is 0 Å². The van der Waals surface area contributed by atoms with Crippen LogP contribution in [0.1, 0.15) is 47.1 Å². The van der Waals surface area contributed by atoms with Crippen LogP contribution in [0.2, 0.25) is 0 Å². The lowest BCUT2D eigenvalue weighted by molar-refractivity contribution is 0.00168. The Balaban J connectivity index is 3.10. The lowest BCUT2D eigenvalue weighted by atomic mass is 10.1. The highest BCUT2D eigenvalue weighted by Crippen LogP contribution is 2.33. The van der Waals surface area contributed by atoms with Crippen LogP contribution in [0.3, 0.4) is 0 Å². The number of rotatable bonds is 5. The van der Waals surface area contributed by atoms with Crippen molar-refractivity contribution < 1.29 is 28.5 Å². The third-order valence-corrected chi connectivity index (χ3v) is 4.01. The molecule has 8 heteroatoms. The van der Waals surface area contributed by atoms with Gasteiger partial charge in [0.05, 0.1) is 18.7 Å². The van der Waals surface area contributed by atoms with E-state index in [4.69, 9.17) is 18.9 Å². The van der Waals surface area contributed by atoms with Crippen LogP contribution in [0.15, 0.2) is 16.6 Å². The molecule has 0 aliphatic carbocycles. The molecule has 1 rings (SSSR count). The number of amides is 2. The Kier molecular flexibility index (Phi) is 8.16. The number of carbonyl (C=O) groups excluding carboxylic acids is 2. The summed E-state index contributed by atoms with van der Waals surface area (Å²) in [5.74, 6) is 1.23. The van der Waals surface area contributed by atoms with Gasteiger partial charge in [-0.05, 0) is 81.6 Å². The average molecular weight is 460 g/mol. The maximum absolute atomic E-state index is 12.6. The molecule has 7 nitrogen and oxygen atoms in total. The summed E-state index contributed by atoms with van der Waals surface area (Å²) in [4.78, 5) is 26.1. The number of ether oxygens (including phenoxy) is 4. The first-order chi connectivity index (χ1) is 12.8. The lowest BCUT2D eigenvalue weighted by Gasteiger charge is -2.28. The van der Waals surface area contributed by atoms with Crippen molar-refractivity contribution in [1.82, 2.24) is 4.90 Å². The van der Waals surface area contributed by atoms with Crippen LogP contribution in [0.5, 0.6) is 11.5 Å². The molecule has 0 aromatic heterocycles. The first-order valence-electron chi connectivity index (χ1n) is 8.91. The SMILES string of the molecule is COc1cc(CCN(C(=O)OC(C)(C)C)C(=O)OC(C)(C)C)c(OC)cc1Br. The second-order valence-electron chi connectivity index (χ2n) is 8.16. The molecule has 28 heavy (non-hydrogen) atoms. The standard InChI is InChI=1S/C20H30BrNO6/c1-19(2,3)27-17(23)22(18(24)28-20(4,5)6)10-9-13-11-16(26-8)14(21)12-15(13)25-7/h11-12H,9-10H2,1-8H3. The second kappa shape index (κ2) is 9.49. The van der Waals surface area contributed by atoms with E-state index in [0.29, 0.717) is 17.9 Å². The average Bonchev–Trinajstić information content (AvgIpc) is 2.52. The van der Waals surface area contributed by atoms with E-state index in [2.05, 4.69) is 15.9 Å². The Morgan fingerprint density at radius 3 is 1.75 bits per heavy atom. The van der Waals surface area contributed by atoms with Crippen LogP contribution in [0.25, 0.3) is 0 Å². The molecule has 0 saturated carbocycles. The Hall–Kier alpha value is -1.96. The first-order valence-corrected chi connectivity index (χ1v) is 9.70. The van der Waals surface area contributed by atoms with Gasteiger partial charge in [0, 0.05) is 6.54 Å². The largest absolute Gasteiger partial charge is 0.496 e. The third kappa shape index (κ3) is 7.58. The van der Waals surface area contributed by atoms with E-state index < -0.39 is 23.4 Å². The van der Waals surface area contributed by atoms with E-state index in [1.807, 2.05) is 0 Å².